The average Bonchev–Trinajstić information content (AvgIpc) is 2.19. The molecule has 1 aromatic carbocycles. The summed E-state index contributed by atoms with van der Waals surface area (Å²) in [6.45, 7) is 2.70. The first-order chi connectivity index (χ1) is 6.74. The summed E-state index contributed by atoms with van der Waals surface area (Å²) in [5.74, 6) is 0.559. The molecule has 0 aliphatic heterocycles. The second-order valence-electron chi connectivity index (χ2n) is 2.87. The minimum Gasteiger partial charge on any atom is -0.493 e. The Morgan fingerprint density at radius 3 is 2.86 bits per heavy atom. The molecule has 4 heteroatoms. The maximum Gasteiger partial charge on any atom is 0.270 e. The molecule has 75 valence electrons. The van der Waals surface area contributed by atoms with Crippen molar-refractivity contribution in [3.63, 3.8) is 0 Å². The highest BCUT2D eigenvalue weighted by molar-refractivity contribution is 5.34. The van der Waals surface area contributed by atoms with Gasteiger partial charge < -0.3 is 4.74 Å². The molecular formula is C10H12NO3. The van der Waals surface area contributed by atoms with Crippen LogP contribution in [0.3, 0.4) is 0 Å². The third kappa shape index (κ3) is 3.05. The van der Waals surface area contributed by atoms with E-state index in [1.54, 1.807) is 6.07 Å². The van der Waals surface area contributed by atoms with E-state index < -0.39 is 4.92 Å². The van der Waals surface area contributed by atoms with Gasteiger partial charge in [-0.1, -0.05) is 13.3 Å². The van der Waals surface area contributed by atoms with E-state index in [-0.39, 0.29) is 5.69 Å². The fourth-order valence-electron chi connectivity index (χ4n) is 0.932. The van der Waals surface area contributed by atoms with Crippen LogP contribution in [0.1, 0.15) is 19.8 Å². The highest BCUT2D eigenvalue weighted by atomic mass is 16.6. The largest absolute Gasteiger partial charge is 0.493 e. The predicted octanol–water partition coefficient (Wildman–Crippen LogP) is 2.57. The van der Waals surface area contributed by atoms with Crippen molar-refractivity contribution in [3.8, 4) is 5.75 Å². The Bertz CT molecular complexity index is 295. The zero-order valence-corrected chi connectivity index (χ0v) is 8.03. The number of rotatable bonds is 5. The summed E-state index contributed by atoms with van der Waals surface area (Å²) in [5.41, 5.74) is 0.0350. The van der Waals surface area contributed by atoms with E-state index in [2.05, 4.69) is 13.0 Å². The maximum atomic E-state index is 10.3. The fraction of sp³-hybridized carbons (Fsp3) is 0.400. The minimum atomic E-state index is -0.452. The Labute approximate surface area is 82.7 Å². The predicted molar refractivity (Wildman–Crippen MR) is 52.3 cm³/mol. The molecule has 0 saturated heterocycles. The van der Waals surface area contributed by atoms with Crippen molar-refractivity contribution in [2.75, 3.05) is 6.61 Å². The van der Waals surface area contributed by atoms with Crippen molar-refractivity contribution in [1.29, 1.82) is 0 Å². The topological polar surface area (TPSA) is 52.4 Å². The summed E-state index contributed by atoms with van der Waals surface area (Å²) in [7, 11) is 0. The molecule has 1 aromatic rings. The van der Waals surface area contributed by atoms with Crippen LogP contribution in [0.25, 0.3) is 0 Å². The number of non-ortho nitro benzene ring substituents is 1. The van der Waals surface area contributed by atoms with Gasteiger partial charge >= 0.3 is 0 Å². The molecule has 1 rings (SSSR count). The molecule has 0 heterocycles. The number of nitrogens with zero attached hydrogens (tertiary/aromatic N) is 1. The van der Waals surface area contributed by atoms with Gasteiger partial charge in [0.05, 0.1) is 11.5 Å². The van der Waals surface area contributed by atoms with E-state index in [0.717, 1.165) is 12.8 Å². The Kier molecular flexibility index (Phi) is 3.91. The van der Waals surface area contributed by atoms with E-state index >= 15 is 0 Å². The number of hydrogen-bond acceptors (Lipinski definition) is 3. The lowest BCUT2D eigenvalue weighted by molar-refractivity contribution is -0.384. The number of benzene rings is 1. The van der Waals surface area contributed by atoms with Gasteiger partial charge in [-0.2, -0.15) is 0 Å². The van der Waals surface area contributed by atoms with Gasteiger partial charge in [-0.25, -0.2) is 0 Å². The van der Waals surface area contributed by atoms with Gasteiger partial charge in [0.2, 0.25) is 0 Å². The van der Waals surface area contributed by atoms with Gasteiger partial charge in [-0.05, 0) is 12.5 Å². The Morgan fingerprint density at radius 1 is 1.57 bits per heavy atom. The first-order valence-electron chi connectivity index (χ1n) is 4.53. The molecule has 0 atom stereocenters. The molecule has 4 nitrogen and oxygen atoms in total. The van der Waals surface area contributed by atoms with Crippen LogP contribution in [-0.2, 0) is 0 Å². The van der Waals surface area contributed by atoms with Crippen molar-refractivity contribution in [1.82, 2.24) is 0 Å². The number of ether oxygens (including phenoxy) is 1. The van der Waals surface area contributed by atoms with Gasteiger partial charge in [-0.3, -0.25) is 10.1 Å². The van der Waals surface area contributed by atoms with Crippen LogP contribution in [-0.4, -0.2) is 11.5 Å². The highest BCUT2D eigenvalue weighted by Crippen LogP contribution is 2.16. The number of nitro benzene ring substituents is 1. The molecule has 0 aliphatic carbocycles. The van der Waals surface area contributed by atoms with Crippen LogP contribution in [0.15, 0.2) is 18.2 Å². The van der Waals surface area contributed by atoms with Crippen molar-refractivity contribution in [3.05, 3.63) is 34.4 Å². The van der Waals surface area contributed by atoms with E-state index in [9.17, 15) is 10.1 Å². The fourth-order valence-corrected chi connectivity index (χ4v) is 0.932. The monoisotopic (exact) mass is 194 g/mol. The van der Waals surface area contributed by atoms with Gasteiger partial charge in [0, 0.05) is 18.2 Å². The van der Waals surface area contributed by atoms with E-state index in [1.165, 1.54) is 12.1 Å². The molecule has 0 aromatic heterocycles. The highest BCUT2D eigenvalue weighted by Gasteiger charge is 2.04. The molecule has 0 aliphatic rings. The molecular weight excluding hydrogens is 182 g/mol. The third-order valence-electron chi connectivity index (χ3n) is 1.73. The zero-order valence-electron chi connectivity index (χ0n) is 8.03. The summed E-state index contributed by atoms with van der Waals surface area (Å²) in [6.07, 6.45) is 2.04. The van der Waals surface area contributed by atoms with Crippen LogP contribution < -0.4 is 4.74 Å². The van der Waals surface area contributed by atoms with Crippen LogP contribution in [0.5, 0.6) is 5.75 Å². The SMILES string of the molecule is CCCCOc1[c]cc([N+](=O)[O-])cc1. The number of nitro groups is 1. The molecule has 0 bridgehead atoms. The lowest BCUT2D eigenvalue weighted by Crippen LogP contribution is -1.96. The van der Waals surface area contributed by atoms with E-state index in [0.29, 0.717) is 12.4 Å². The Morgan fingerprint density at radius 2 is 2.36 bits per heavy atom. The summed E-state index contributed by atoms with van der Waals surface area (Å²) >= 11 is 0. The van der Waals surface area contributed by atoms with Gasteiger partial charge in [0.25, 0.3) is 5.69 Å². The van der Waals surface area contributed by atoms with Crippen molar-refractivity contribution >= 4 is 5.69 Å². The van der Waals surface area contributed by atoms with E-state index in [4.69, 9.17) is 4.74 Å². The molecule has 0 saturated carbocycles. The van der Waals surface area contributed by atoms with Crippen molar-refractivity contribution in [2.45, 2.75) is 19.8 Å². The number of unbranched alkanes of at least 4 members (excludes halogenated alkanes) is 1. The molecule has 0 amide bonds. The minimum absolute atomic E-state index is 0.0350. The first-order valence-corrected chi connectivity index (χ1v) is 4.53. The van der Waals surface area contributed by atoms with Gasteiger partial charge in [0.1, 0.15) is 5.75 Å². The van der Waals surface area contributed by atoms with Gasteiger partial charge in [0.15, 0.2) is 0 Å². The quantitative estimate of drug-likeness (QED) is 0.411. The Balaban J connectivity index is 2.51. The zero-order chi connectivity index (χ0) is 10.4. The van der Waals surface area contributed by atoms with Crippen LogP contribution >= 0.6 is 0 Å². The molecule has 0 unspecified atom stereocenters. The summed E-state index contributed by atoms with van der Waals surface area (Å²) < 4.78 is 5.30. The molecule has 0 spiro atoms. The number of hydrogen-bond donors (Lipinski definition) is 0. The van der Waals surface area contributed by atoms with Crippen molar-refractivity contribution < 1.29 is 9.66 Å². The van der Waals surface area contributed by atoms with Crippen LogP contribution in [0.4, 0.5) is 5.69 Å². The van der Waals surface area contributed by atoms with Crippen LogP contribution in [0.2, 0.25) is 0 Å². The average molecular weight is 194 g/mol. The summed E-state index contributed by atoms with van der Waals surface area (Å²) in [4.78, 5) is 9.87. The summed E-state index contributed by atoms with van der Waals surface area (Å²) in [6, 6.07) is 7.01. The standard InChI is InChI=1S/C10H12NO3/c1-2-3-8-14-10-6-4-9(5-7-10)11(12)13/h4-6H,2-3,8H2,1H3. The molecule has 14 heavy (non-hydrogen) atoms. The van der Waals surface area contributed by atoms with Crippen molar-refractivity contribution in [2.24, 2.45) is 0 Å². The smallest absolute Gasteiger partial charge is 0.270 e. The first kappa shape index (κ1) is 10.5. The third-order valence-corrected chi connectivity index (χ3v) is 1.73. The lowest BCUT2D eigenvalue weighted by atomic mass is 10.3. The van der Waals surface area contributed by atoms with E-state index in [1.807, 2.05) is 0 Å². The normalized spacial score (nSPS) is 9.79. The Hall–Kier alpha value is -1.58. The summed E-state index contributed by atoms with van der Waals surface area (Å²) in [5, 5.41) is 10.3. The molecule has 0 fully saturated rings. The molecule has 1 radical (unpaired) electrons. The maximum absolute atomic E-state index is 10.3. The van der Waals surface area contributed by atoms with Crippen LogP contribution in [0, 0.1) is 16.2 Å². The second-order valence-corrected chi connectivity index (χ2v) is 2.87. The lowest BCUT2D eigenvalue weighted by Gasteiger charge is -2.03. The second kappa shape index (κ2) is 5.21. The van der Waals surface area contributed by atoms with Gasteiger partial charge in [-0.15, -0.1) is 0 Å². The molecule has 0 N–H and O–H groups in total.